The van der Waals surface area contributed by atoms with Crippen LogP contribution in [0.15, 0.2) is 60.9 Å². The second kappa shape index (κ2) is 7.57. The molecule has 25 heavy (non-hydrogen) atoms. The third-order valence-electron chi connectivity index (χ3n) is 3.70. The summed E-state index contributed by atoms with van der Waals surface area (Å²) in [7, 11) is 0. The number of amides is 1. The standard InChI is InChI=1S/C20H20N4O/c1-14-8-15(2)10-17(9-14)24-20(25)18-11-19(23-13-22-18)21-12-16-6-4-3-5-7-16/h3-11,13H,12H2,1-2H3,(H,24,25)(H,21,22,23). The molecule has 3 rings (SSSR count). The maximum atomic E-state index is 12.4. The van der Waals surface area contributed by atoms with E-state index in [9.17, 15) is 4.79 Å². The van der Waals surface area contributed by atoms with Gasteiger partial charge in [-0.05, 0) is 42.7 Å². The number of benzene rings is 2. The van der Waals surface area contributed by atoms with Gasteiger partial charge in [0, 0.05) is 18.3 Å². The summed E-state index contributed by atoms with van der Waals surface area (Å²) in [5.74, 6) is 0.361. The number of carbonyl (C=O) groups is 1. The fourth-order valence-electron chi connectivity index (χ4n) is 2.61. The van der Waals surface area contributed by atoms with Crippen LogP contribution in [0.25, 0.3) is 0 Å². The molecule has 1 aromatic heterocycles. The van der Waals surface area contributed by atoms with Crippen LogP contribution in [0, 0.1) is 13.8 Å². The first kappa shape index (κ1) is 16.6. The highest BCUT2D eigenvalue weighted by atomic mass is 16.1. The topological polar surface area (TPSA) is 66.9 Å². The average molecular weight is 332 g/mol. The number of hydrogen-bond acceptors (Lipinski definition) is 4. The number of anilines is 2. The Morgan fingerprint density at radius 3 is 2.40 bits per heavy atom. The molecule has 126 valence electrons. The van der Waals surface area contributed by atoms with Crippen molar-refractivity contribution in [2.45, 2.75) is 20.4 Å². The highest BCUT2D eigenvalue weighted by molar-refractivity contribution is 6.03. The molecule has 0 aliphatic heterocycles. The smallest absolute Gasteiger partial charge is 0.274 e. The number of aromatic nitrogens is 2. The summed E-state index contributed by atoms with van der Waals surface area (Å²) in [6, 6.07) is 17.6. The second-order valence-electron chi connectivity index (χ2n) is 5.96. The molecule has 3 aromatic rings. The van der Waals surface area contributed by atoms with Crippen LogP contribution in [-0.2, 0) is 6.54 Å². The molecule has 5 nitrogen and oxygen atoms in total. The zero-order valence-corrected chi connectivity index (χ0v) is 14.3. The SMILES string of the molecule is Cc1cc(C)cc(NC(=O)c2cc(NCc3ccccc3)ncn2)c1. The van der Waals surface area contributed by atoms with Gasteiger partial charge in [-0.3, -0.25) is 4.79 Å². The predicted molar refractivity (Wildman–Crippen MR) is 99.7 cm³/mol. The van der Waals surface area contributed by atoms with Gasteiger partial charge in [-0.25, -0.2) is 9.97 Å². The number of aryl methyl sites for hydroxylation is 2. The van der Waals surface area contributed by atoms with Crippen LogP contribution in [0.3, 0.4) is 0 Å². The van der Waals surface area contributed by atoms with Gasteiger partial charge in [-0.15, -0.1) is 0 Å². The van der Waals surface area contributed by atoms with Crippen LogP contribution in [0.1, 0.15) is 27.2 Å². The lowest BCUT2D eigenvalue weighted by molar-refractivity contribution is 0.102. The molecule has 0 atom stereocenters. The average Bonchev–Trinajstić information content (AvgIpc) is 2.60. The van der Waals surface area contributed by atoms with Gasteiger partial charge in [0.1, 0.15) is 17.8 Å². The molecule has 0 aliphatic rings. The normalized spacial score (nSPS) is 10.3. The maximum absolute atomic E-state index is 12.4. The van der Waals surface area contributed by atoms with Crippen molar-refractivity contribution in [2.24, 2.45) is 0 Å². The third kappa shape index (κ3) is 4.64. The first-order valence-electron chi connectivity index (χ1n) is 8.09. The van der Waals surface area contributed by atoms with Crippen molar-refractivity contribution >= 4 is 17.4 Å². The van der Waals surface area contributed by atoms with Crippen molar-refractivity contribution in [3.05, 3.63) is 83.3 Å². The zero-order valence-electron chi connectivity index (χ0n) is 14.3. The predicted octanol–water partition coefficient (Wildman–Crippen LogP) is 3.96. The maximum Gasteiger partial charge on any atom is 0.274 e. The van der Waals surface area contributed by atoms with Crippen LogP contribution >= 0.6 is 0 Å². The van der Waals surface area contributed by atoms with E-state index in [1.165, 1.54) is 6.33 Å². The Bertz CT molecular complexity index is 858. The first-order valence-corrected chi connectivity index (χ1v) is 8.09. The molecule has 0 unspecified atom stereocenters. The van der Waals surface area contributed by atoms with E-state index in [1.54, 1.807) is 6.07 Å². The number of carbonyl (C=O) groups excluding carboxylic acids is 1. The van der Waals surface area contributed by atoms with E-state index in [-0.39, 0.29) is 5.91 Å². The summed E-state index contributed by atoms with van der Waals surface area (Å²) in [6.07, 6.45) is 1.39. The fraction of sp³-hybridized carbons (Fsp3) is 0.150. The molecule has 2 N–H and O–H groups in total. The summed E-state index contributed by atoms with van der Waals surface area (Å²) in [5, 5.41) is 6.09. The molecule has 5 heteroatoms. The molecule has 2 aromatic carbocycles. The van der Waals surface area contributed by atoms with Crippen LogP contribution in [0.4, 0.5) is 11.5 Å². The van der Waals surface area contributed by atoms with Crippen LogP contribution < -0.4 is 10.6 Å². The molecule has 1 heterocycles. The minimum Gasteiger partial charge on any atom is -0.366 e. The summed E-state index contributed by atoms with van der Waals surface area (Å²) >= 11 is 0. The van der Waals surface area contributed by atoms with Gasteiger partial charge >= 0.3 is 0 Å². The Labute approximate surface area is 147 Å². The summed E-state index contributed by atoms with van der Waals surface area (Å²) in [6.45, 7) is 4.63. The van der Waals surface area contributed by atoms with Crippen molar-refractivity contribution < 1.29 is 4.79 Å². The number of rotatable bonds is 5. The summed E-state index contributed by atoms with van der Waals surface area (Å²) < 4.78 is 0. The quantitative estimate of drug-likeness (QED) is 0.742. The lowest BCUT2D eigenvalue weighted by Gasteiger charge is -2.09. The first-order chi connectivity index (χ1) is 12.1. The van der Waals surface area contributed by atoms with Crippen molar-refractivity contribution in [1.29, 1.82) is 0 Å². The van der Waals surface area contributed by atoms with Crippen molar-refractivity contribution in [3.63, 3.8) is 0 Å². The van der Waals surface area contributed by atoms with Gasteiger partial charge < -0.3 is 10.6 Å². The third-order valence-corrected chi connectivity index (χ3v) is 3.70. The Hall–Kier alpha value is -3.21. The molecule has 0 aliphatic carbocycles. The molecule has 0 saturated carbocycles. The van der Waals surface area contributed by atoms with E-state index in [4.69, 9.17) is 0 Å². The van der Waals surface area contributed by atoms with E-state index in [1.807, 2.05) is 56.3 Å². The van der Waals surface area contributed by atoms with E-state index in [0.717, 1.165) is 22.4 Å². The molecule has 0 saturated heterocycles. The molecule has 0 spiro atoms. The van der Waals surface area contributed by atoms with Crippen molar-refractivity contribution in [2.75, 3.05) is 10.6 Å². The van der Waals surface area contributed by atoms with Gasteiger partial charge in [0.2, 0.25) is 0 Å². The molecular weight excluding hydrogens is 312 g/mol. The van der Waals surface area contributed by atoms with E-state index < -0.39 is 0 Å². The molecule has 0 radical (unpaired) electrons. The lowest BCUT2D eigenvalue weighted by atomic mass is 10.1. The van der Waals surface area contributed by atoms with Crippen LogP contribution in [0.2, 0.25) is 0 Å². The van der Waals surface area contributed by atoms with Gasteiger partial charge in [0.15, 0.2) is 0 Å². The van der Waals surface area contributed by atoms with Crippen molar-refractivity contribution in [3.8, 4) is 0 Å². The Kier molecular flexibility index (Phi) is 5.04. The van der Waals surface area contributed by atoms with Gasteiger partial charge in [0.25, 0.3) is 5.91 Å². The number of nitrogens with zero attached hydrogens (tertiary/aromatic N) is 2. The second-order valence-corrected chi connectivity index (χ2v) is 5.96. The van der Waals surface area contributed by atoms with Crippen LogP contribution in [0.5, 0.6) is 0 Å². The molecular formula is C20H20N4O. The highest BCUT2D eigenvalue weighted by Gasteiger charge is 2.10. The van der Waals surface area contributed by atoms with Crippen molar-refractivity contribution in [1.82, 2.24) is 9.97 Å². The van der Waals surface area contributed by atoms with Crippen LogP contribution in [-0.4, -0.2) is 15.9 Å². The summed E-state index contributed by atoms with van der Waals surface area (Å²) in [4.78, 5) is 20.7. The molecule has 0 fully saturated rings. The number of nitrogens with one attached hydrogen (secondary N) is 2. The van der Waals surface area contributed by atoms with E-state index in [0.29, 0.717) is 18.1 Å². The highest BCUT2D eigenvalue weighted by Crippen LogP contribution is 2.15. The zero-order chi connectivity index (χ0) is 17.6. The molecule has 0 bridgehead atoms. The minimum absolute atomic E-state index is 0.254. The summed E-state index contributed by atoms with van der Waals surface area (Å²) in [5.41, 5.74) is 4.43. The van der Waals surface area contributed by atoms with Gasteiger partial charge in [-0.2, -0.15) is 0 Å². The minimum atomic E-state index is -0.254. The van der Waals surface area contributed by atoms with E-state index in [2.05, 4.69) is 26.7 Å². The monoisotopic (exact) mass is 332 g/mol. The largest absolute Gasteiger partial charge is 0.366 e. The lowest BCUT2D eigenvalue weighted by Crippen LogP contribution is -2.15. The number of hydrogen-bond donors (Lipinski definition) is 2. The van der Waals surface area contributed by atoms with E-state index >= 15 is 0 Å². The van der Waals surface area contributed by atoms with Gasteiger partial charge in [0.05, 0.1) is 0 Å². The Balaban J connectivity index is 1.68. The fourth-order valence-corrected chi connectivity index (χ4v) is 2.61. The Morgan fingerprint density at radius 1 is 0.960 bits per heavy atom. The molecule has 1 amide bonds. The Morgan fingerprint density at radius 2 is 1.68 bits per heavy atom. The van der Waals surface area contributed by atoms with Gasteiger partial charge in [-0.1, -0.05) is 36.4 Å².